The van der Waals surface area contributed by atoms with E-state index in [9.17, 15) is 27.2 Å². The van der Waals surface area contributed by atoms with E-state index < -0.39 is 35.4 Å². The van der Waals surface area contributed by atoms with Crippen LogP contribution in [0.3, 0.4) is 0 Å². The van der Waals surface area contributed by atoms with Gasteiger partial charge in [-0.25, -0.2) is 9.37 Å². The number of amides is 2. The molecule has 1 aromatic carbocycles. The van der Waals surface area contributed by atoms with Crippen LogP contribution in [0.1, 0.15) is 24.1 Å². The maximum atomic E-state index is 14.2. The molecule has 0 spiro atoms. The number of halogens is 4. The van der Waals surface area contributed by atoms with Crippen LogP contribution in [-0.2, 0) is 22.8 Å². The molecule has 0 radical (unpaired) electrons. The number of fused-ring (bicyclic) bond motifs is 1. The Morgan fingerprint density at radius 3 is 2.55 bits per heavy atom. The summed E-state index contributed by atoms with van der Waals surface area (Å²) >= 11 is 0. The first-order valence-electron chi connectivity index (χ1n) is 8.92. The molecule has 164 valence electrons. The number of pyridine rings is 1. The molecule has 2 heterocycles. The molecule has 2 amide bonds. The number of carbonyl (C=O) groups excluding carboxylic acids is 2. The lowest BCUT2D eigenvalue weighted by Crippen LogP contribution is -2.38. The van der Waals surface area contributed by atoms with Gasteiger partial charge in [-0.1, -0.05) is 6.07 Å². The number of benzene rings is 1. The summed E-state index contributed by atoms with van der Waals surface area (Å²) in [5.74, 6) is -3.02. The number of anilines is 2. The predicted molar refractivity (Wildman–Crippen MR) is 104 cm³/mol. The minimum atomic E-state index is -4.70. The van der Waals surface area contributed by atoms with Crippen LogP contribution < -0.4 is 11.1 Å². The number of nitrogen functional groups attached to an aromatic ring is 1. The van der Waals surface area contributed by atoms with E-state index in [1.807, 2.05) is 0 Å². The number of aromatic nitrogens is 3. The minimum Gasteiger partial charge on any atom is -0.382 e. The first kappa shape index (κ1) is 22.0. The average molecular weight is 438 g/mol. The van der Waals surface area contributed by atoms with Gasteiger partial charge in [0.15, 0.2) is 0 Å². The third-order valence-corrected chi connectivity index (χ3v) is 4.93. The van der Waals surface area contributed by atoms with Crippen LogP contribution in [0, 0.1) is 5.82 Å². The normalized spacial score (nSPS) is 12.6. The lowest BCUT2D eigenvalue weighted by Gasteiger charge is -2.25. The smallest absolute Gasteiger partial charge is 0.382 e. The van der Waals surface area contributed by atoms with Gasteiger partial charge in [-0.15, -0.1) is 0 Å². The number of hydrogen-bond acceptors (Lipinski definition) is 5. The van der Waals surface area contributed by atoms with Crippen molar-refractivity contribution < 1.29 is 27.2 Å². The van der Waals surface area contributed by atoms with Crippen molar-refractivity contribution in [1.29, 1.82) is 0 Å². The van der Waals surface area contributed by atoms with E-state index in [4.69, 9.17) is 5.73 Å². The van der Waals surface area contributed by atoms with Crippen molar-refractivity contribution in [3.63, 3.8) is 0 Å². The molecule has 3 N–H and O–H groups in total. The maximum Gasteiger partial charge on any atom is 0.416 e. The van der Waals surface area contributed by atoms with Crippen molar-refractivity contribution in [2.45, 2.75) is 19.1 Å². The molecule has 0 fully saturated rings. The van der Waals surface area contributed by atoms with Gasteiger partial charge < -0.3 is 16.0 Å². The molecule has 1 atom stereocenters. The van der Waals surface area contributed by atoms with Crippen molar-refractivity contribution in [3.8, 4) is 0 Å². The fourth-order valence-electron chi connectivity index (χ4n) is 3.07. The number of carbonyl (C=O) groups is 2. The molecule has 3 rings (SSSR count). The van der Waals surface area contributed by atoms with Gasteiger partial charge in [0.2, 0.25) is 0 Å². The van der Waals surface area contributed by atoms with Gasteiger partial charge in [0.25, 0.3) is 0 Å². The van der Waals surface area contributed by atoms with Crippen LogP contribution in [0.5, 0.6) is 0 Å². The van der Waals surface area contributed by atoms with Crippen LogP contribution in [0.4, 0.5) is 29.1 Å². The number of nitrogens with two attached hydrogens (primary N) is 1. The van der Waals surface area contributed by atoms with Gasteiger partial charge in [0.1, 0.15) is 17.2 Å². The Balaban J connectivity index is 1.80. The Morgan fingerprint density at radius 2 is 1.94 bits per heavy atom. The fraction of sp³-hybridized carbons (Fsp3) is 0.263. The van der Waals surface area contributed by atoms with Crippen molar-refractivity contribution in [2.24, 2.45) is 7.05 Å². The van der Waals surface area contributed by atoms with Crippen molar-refractivity contribution >= 4 is 34.2 Å². The van der Waals surface area contributed by atoms with Crippen LogP contribution >= 0.6 is 0 Å². The van der Waals surface area contributed by atoms with E-state index in [2.05, 4.69) is 15.4 Å². The standard InChI is InChI=1S/C19H18F4N6O2/c1-9(11-5-4-10(6-13(11)20)19(21,22)23)28(2)18(31)17(30)27-14-8-25-16(24)15-12(14)7-26-29(15)3/h4-9H,1-3H3,(H2,24,25)(H,27,30)/t9-/m1/s1. The van der Waals surface area contributed by atoms with Gasteiger partial charge in [0.05, 0.1) is 29.7 Å². The van der Waals surface area contributed by atoms with E-state index in [-0.39, 0.29) is 17.1 Å². The average Bonchev–Trinajstić information content (AvgIpc) is 3.10. The number of hydrogen-bond donors (Lipinski definition) is 2. The highest BCUT2D eigenvalue weighted by Crippen LogP contribution is 2.32. The summed E-state index contributed by atoms with van der Waals surface area (Å²) in [4.78, 5) is 29.9. The Morgan fingerprint density at radius 1 is 1.26 bits per heavy atom. The van der Waals surface area contributed by atoms with E-state index >= 15 is 0 Å². The van der Waals surface area contributed by atoms with Crippen LogP contribution in [0.25, 0.3) is 10.9 Å². The number of likely N-dealkylation sites (N-methyl/N-ethyl adjacent to an activating group) is 1. The Bertz CT molecular complexity index is 1170. The van der Waals surface area contributed by atoms with Gasteiger partial charge in [-0.2, -0.15) is 18.3 Å². The minimum absolute atomic E-state index is 0.166. The maximum absolute atomic E-state index is 14.2. The highest BCUT2D eigenvalue weighted by Gasteiger charge is 2.32. The van der Waals surface area contributed by atoms with Crippen LogP contribution in [-0.4, -0.2) is 38.5 Å². The second-order valence-corrected chi connectivity index (χ2v) is 6.87. The number of aryl methyl sites for hydroxylation is 1. The van der Waals surface area contributed by atoms with Gasteiger partial charge in [-0.05, 0) is 19.1 Å². The van der Waals surface area contributed by atoms with Gasteiger partial charge in [-0.3, -0.25) is 14.3 Å². The summed E-state index contributed by atoms with van der Waals surface area (Å²) in [6.45, 7) is 1.39. The first-order valence-corrected chi connectivity index (χ1v) is 8.92. The highest BCUT2D eigenvalue weighted by molar-refractivity contribution is 6.40. The number of alkyl halides is 3. The van der Waals surface area contributed by atoms with Crippen molar-refractivity contribution in [2.75, 3.05) is 18.1 Å². The number of rotatable bonds is 3. The largest absolute Gasteiger partial charge is 0.416 e. The SMILES string of the molecule is C[C@H](c1ccc(C(F)(F)F)cc1F)N(C)C(=O)C(=O)Nc1cnc(N)c2c1cnn2C. The van der Waals surface area contributed by atoms with Crippen molar-refractivity contribution in [3.05, 3.63) is 47.5 Å². The zero-order valence-corrected chi connectivity index (χ0v) is 16.7. The molecule has 0 bridgehead atoms. The zero-order chi connectivity index (χ0) is 23.1. The predicted octanol–water partition coefficient (Wildman–Crippen LogP) is 2.87. The Kier molecular flexibility index (Phi) is 5.57. The fourth-order valence-corrected chi connectivity index (χ4v) is 3.07. The first-order chi connectivity index (χ1) is 14.4. The third-order valence-electron chi connectivity index (χ3n) is 4.93. The second-order valence-electron chi connectivity index (χ2n) is 6.87. The number of nitrogens with zero attached hydrogens (tertiary/aromatic N) is 4. The molecule has 0 aliphatic carbocycles. The topological polar surface area (TPSA) is 106 Å². The Hall–Kier alpha value is -3.70. The quantitative estimate of drug-likeness (QED) is 0.483. The molecule has 0 unspecified atom stereocenters. The molecule has 31 heavy (non-hydrogen) atoms. The van der Waals surface area contributed by atoms with E-state index in [1.165, 1.54) is 31.0 Å². The summed E-state index contributed by atoms with van der Waals surface area (Å²) in [5.41, 5.74) is 5.13. The Labute approximate surface area is 173 Å². The third kappa shape index (κ3) is 4.13. The molecule has 3 aromatic rings. The summed E-state index contributed by atoms with van der Waals surface area (Å²) in [6, 6.07) is 0.993. The summed E-state index contributed by atoms with van der Waals surface area (Å²) < 4.78 is 53.9. The van der Waals surface area contributed by atoms with E-state index in [0.29, 0.717) is 23.0 Å². The molecular weight excluding hydrogens is 420 g/mol. The summed E-state index contributed by atoms with van der Waals surface area (Å²) in [5, 5.41) is 6.91. The van der Waals surface area contributed by atoms with Crippen molar-refractivity contribution in [1.82, 2.24) is 19.7 Å². The lowest BCUT2D eigenvalue weighted by molar-refractivity contribution is -0.143. The summed E-state index contributed by atoms with van der Waals surface area (Å²) in [6.07, 6.45) is -1.99. The molecule has 12 heteroatoms. The molecular formula is C19H18F4N6O2. The monoisotopic (exact) mass is 438 g/mol. The molecule has 0 saturated heterocycles. The van der Waals surface area contributed by atoms with E-state index in [0.717, 1.165) is 11.0 Å². The molecule has 2 aromatic heterocycles. The molecule has 0 aliphatic rings. The van der Waals surface area contributed by atoms with Gasteiger partial charge in [0, 0.05) is 25.0 Å². The molecule has 8 nitrogen and oxygen atoms in total. The van der Waals surface area contributed by atoms with Crippen LogP contribution in [0.2, 0.25) is 0 Å². The van der Waals surface area contributed by atoms with Gasteiger partial charge >= 0.3 is 18.0 Å². The lowest BCUT2D eigenvalue weighted by atomic mass is 10.0. The molecule has 0 saturated carbocycles. The second kappa shape index (κ2) is 7.85. The number of nitrogens with one attached hydrogen (secondary N) is 1. The highest BCUT2D eigenvalue weighted by atomic mass is 19.4. The summed E-state index contributed by atoms with van der Waals surface area (Å²) in [7, 11) is 2.87. The van der Waals surface area contributed by atoms with Crippen LogP contribution in [0.15, 0.2) is 30.6 Å². The molecule has 0 aliphatic heterocycles. The zero-order valence-electron chi connectivity index (χ0n) is 16.7. The van der Waals surface area contributed by atoms with E-state index in [1.54, 1.807) is 7.05 Å².